The predicted octanol–water partition coefficient (Wildman–Crippen LogP) is 2.32. The summed E-state index contributed by atoms with van der Waals surface area (Å²) in [6, 6.07) is 2.19. The number of likely N-dealkylation sites (tertiary alicyclic amines) is 2. The van der Waals surface area contributed by atoms with Crippen molar-refractivity contribution in [3.05, 3.63) is 0 Å². The molecule has 0 amide bonds. The van der Waals surface area contributed by atoms with Gasteiger partial charge in [0, 0.05) is 31.2 Å². The fraction of sp³-hybridized carbons (Fsp3) is 1.00. The number of hydrogen-bond donors (Lipinski definition) is 1. The molecule has 1 N–H and O–H groups in total. The Bertz CT molecular complexity index is 250. The van der Waals surface area contributed by atoms with E-state index in [4.69, 9.17) is 0 Å². The van der Waals surface area contributed by atoms with Gasteiger partial charge in [0.1, 0.15) is 0 Å². The molecule has 3 unspecified atom stereocenters. The van der Waals surface area contributed by atoms with Crippen LogP contribution < -0.4 is 5.32 Å². The molecule has 0 radical (unpaired) electrons. The van der Waals surface area contributed by atoms with E-state index in [0.717, 1.165) is 12.6 Å². The molecule has 0 bridgehead atoms. The highest BCUT2D eigenvalue weighted by Crippen LogP contribution is 2.23. The van der Waals surface area contributed by atoms with Crippen LogP contribution in [0.2, 0.25) is 0 Å². The van der Waals surface area contributed by atoms with Crippen LogP contribution in [0.1, 0.15) is 52.9 Å². The van der Waals surface area contributed by atoms with Crippen molar-refractivity contribution in [1.29, 1.82) is 0 Å². The van der Waals surface area contributed by atoms with Gasteiger partial charge in [-0.15, -0.1) is 0 Å². The van der Waals surface area contributed by atoms with Gasteiger partial charge in [-0.1, -0.05) is 13.8 Å². The number of hydrogen-bond acceptors (Lipinski definition) is 3. The number of nitrogens with one attached hydrogen (secondary N) is 1. The Labute approximate surface area is 119 Å². The van der Waals surface area contributed by atoms with E-state index in [2.05, 4.69) is 35.9 Å². The Balaban J connectivity index is 1.80. The van der Waals surface area contributed by atoms with E-state index in [9.17, 15) is 0 Å². The third-order valence-electron chi connectivity index (χ3n) is 5.11. The third-order valence-corrected chi connectivity index (χ3v) is 5.11. The van der Waals surface area contributed by atoms with Crippen LogP contribution in [-0.4, -0.2) is 60.6 Å². The molecule has 0 saturated carbocycles. The summed E-state index contributed by atoms with van der Waals surface area (Å²) in [5.74, 6) is 0. The minimum absolute atomic E-state index is 0.664. The van der Waals surface area contributed by atoms with E-state index in [1.807, 2.05) is 0 Å². The molecule has 2 aliphatic rings. The van der Waals surface area contributed by atoms with E-state index in [-0.39, 0.29) is 0 Å². The van der Waals surface area contributed by atoms with Crippen LogP contribution in [0.25, 0.3) is 0 Å². The summed E-state index contributed by atoms with van der Waals surface area (Å²) in [6.07, 6.45) is 6.70. The summed E-state index contributed by atoms with van der Waals surface area (Å²) in [7, 11) is 0. The summed E-state index contributed by atoms with van der Waals surface area (Å²) in [6.45, 7) is 13.4. The average molecular weight is 267 g/mol. The Kier molecular flexibility index (Phi) is 6.11. The van der Waals surface area contributed by atoms with Gasteiger partial charge in [0.2, 0.25) is 0 Å². The monoisotopic (exact) mass is 267 g/mol. The lowest BCUT2D eigenvalue weighted by Crippen LogP contribution is -2.48. The zero-order chi connectivity index (χ0) is 13.7. The minimum atomic E-state index is 0.664. The highest BCUT2D eigenvalue weighted by molar-refractivity contribution is 4.90. The van der Waals surface area contributed by atoms with Crippen LogP contribution in [0.5, 0.6) is 0 Å². The van der Waals surface area contributed by atoms with Gasteiger partial charge in [-0.3, -0.25) is 9.80 Å². The van der Waals surface area contributed by atoms with Crippen LogP contribution in [0.4, 0.5) is 0 Å². The van der Waals surface area contributed by atoms with Crippen molar-refractivity contribution in [3.63, 3.8) is 0 Å². The standard InChI is InChI=1S/C16H33N3/c1-4-9-17-16(5-2)14(3)19-12-8-15(13-19)18-10-6-7-11-18/h14-17H,4-13H2,1-3H3. The summed E-state index contributed by atoms with van der Waals surface area (Å²) in [5, 5.41) is 3.72. The first-order valence-corrected chi connectivity index (χ1v) is 8.47. The first-order chi connectivity index (χ1) is 9.26. The Morgan fingerprint density at radius 1 is 1.16 bits per heavy atom. The van der Waals surface area contributed by atoms with Gasteiger partial charge in [-0.05, 0) is 58.7 Å². The molecule has 3 nitrogen and oxygen atoms in total. The van der Waals surface area contributed by atoms with E-state index in [1.165, 1.54) is 58.3 Å². The molecule has 3 atom stereocenters. The quantitative estimate of drug-likeness (QED) is 0.764. The van der Waals surface area contributed by atoms with Crippen LogP contribution in [0, 0.1) is 0 Å². The molecule has 2 aliphatic heterocycles. The number of nitrogens with zero attached hydrogens (tertiary/aromatic N) is 2. The molecule has 19 heavy (non-hydrogen) atoms. The van der Waals surface area contributed by atoms with E-state index < -0.39 is 0 Å². The molecule has 0 aromatic heterocycles. The van der Waals surface area contributed by atoms with Crippen LogP contribution in [-0.2, 0) is 0 Å². The summed E-state index contributed by atoms with van der Waals surface area (Å²) < 4.78 is 0. The van der Waals surface area contributed by atoms with Crippen LogP contribution in [0.15, 0.2) is 0 Å². The van der Waals surface area contributed by atoms with Crippen molar-refractivity contribution in [1.82, 2.24) is 15.1 Å². The van der Waals surface area contributed by atoms with Crippen LogP contribution in [0.3, 0.4) is 0 Å². The van der Waals surface area contributed by atoms with Crippen molar-refractivity contribution < 1.29 is 0 Å². The largest absolute Gasteiger partial charge is 0.312 e. The number of rotatable bonds is 7. The first-order valence-electron chi connectivity index (χ1n) is 8.47. The summed E-state index contributed by atoms with van der Waals surface area (Å²) in [4.78, 5) is 5.45. The Hall–Kier alpha value is -0.120. The normalized spacial score (nSPS) is 28.9. The maximum atomic E-state index is 3.72. The molecular formula is C16H33N3. The highest BCUT2D eigenvalue weighted by atomic mass is 15.3. The molecule has 112 valence electrons. The van der Waals surface area contributed by atoms with Gasteiger partial charge in [-0.25, -0.2) is 0 Å². The SMILES string of the molecule is CCCNC(CC)C(C)N1CCC(N2CCCC2)C1. The lowest BCUT2D eigenvalue weighted by Gasteiger charge is -2.33. The van der Waals surface area contributed by atoms with E-state index in [1.54, 1.807) is 0 Å². The predicted molar refractivity (Wildman–Crippen MR) is 82.6 cm³/mol. The van der Waals surface area contributed by atoms with Gasteiger partial charge < -0.3 is 5.32 Å². The Morgan fingerprint density at radius 2 is 1.89 bits per heavy atom. The third kappa shape index (κ3) is 3.93. The summed E-state index contributed by atoms with van der Waals surface area (Å²) >= 11 is 0. The fourth-order valence-corrected chi connectivity index (χ4v) is 3.78. The van der Waals surface area contributed by atoms with Gasteiger partial charge in [-0.2, -0.15) is 0 Å². The second kappa shape index (κ2) is 7.61. The van der Waals surface area contributed by atoms with Crippen molar-refractivity contribution in [2.24, 2.45) is 0 Å². The van der Waals surface area contributed by atoms with Crippen molar-refractivity contribution in [2.45, 2.75) is 71.0 Å². The molecule has 0 aromatic rings. The first kappa shape index (κ1) is 15.3. The van der Waals surface area contributed by atoms with Crippen molar-refractivity contribution in [3.8, 4) is 0 Å². The molecule has 2 heterocycles. The van der Waals surface area contributed by atoms with Crippen molar-refractivity contribution in [2.75, 3.05) is 32.7 Å². The lowest BCUT2D eigenvalue weighted by molar-refractivity contribution is 0.176. The van der Waals surface area contributed by atoms with Gasteiger partial charge in [0.25, 0.3) is 0 Å². The van der Waals surface area contributed by atoms with Gasteiger partial charge in [0.15, 0.2) is 0 Å². The Morgan fingerprint density at radius 3 is 2.53 bits per heavy atom. The molecule has 3 heteroatoms. The molecule has 2 saturated heterocycles. The smallest absolute Gasteiger partial charge is 0.0235 e. The molecule has 2 rings (SSSR count). The second-order valence-corrected chi connectivity index (χ2v) is 6.39. The molecule has 0 aromatic carbocycles. The maximum Gasteiger partial charge on any atom is 0.0235 e. The second-order valence-electron chi connectivity index (χ2n) is 6.39. The molecular weight excluding hydrogens is 234 g/mol. The molecule has 0 spiro atoms. The zero-order valence-electron chi connectivity index (χ0n) is 13.2. The zero-order valence-corrected chi connectivity index (χ0v) is 13.2. The molecule has 2 fully saturated rings. The fourth-order valence-electron chi connectivity index (χ4n) is 3.78. The van der Waals surface area contributed by atoms with Gasteiger partial charge in [0.05, 0.1) is 0 Å². The average Bonchev–Trinajstić information content (AvgIpc) is 3.10. The van der Waals surface area contributed by atoms with Crippen molar-refractivity contribution >= 4 is 0 Å². The minimum Gasteiger partial charge on any atom is -0.312 e. The topological polar surface area (TPSA) is 18.5 Å². The highest BCUT2D eigenvalue weighted by Gasteiger charge is 2.33. The van der Waals surface area contributed by atoms with Gasteiger partial charge >= 0.3 is 0 Å². The molecule has 0 aliphatic carbocycles. The van der Waals surface area contributed by atoms with E-state index in [0.29, 0.717) is 12.1 Å². The lowest BCUT2D eigenvalue weighted by atomic mass is 10.1. The van der Waals surface area contributed by atoms with E-state index >= 15 is 0 Å². The van der Waals surface area contributed by atoms with Crippen LogP contribution >= 0.6 is 0 Å². The maximum absolute atomic E-state index is 3.72. The summed E-state index contributed by atoms with van der Waals surface area (Å²) in [5.41, 5.74) is 0.